The Balaban J connectivity index is 2.20. The molecule has 22 heavy (non-hydrogen) atoms. The highest BCUT2D eigenvalue weighted by atomic mass is 31.2. The number of benzene rings is 2. The minimum atomic E-state index is -3.80. The second-order valence-electron chi connectivity index (χ2n) is 4.83. The zero-order chi connectivity index (χ0) is 16.0. The molecule has 4 nitrogen and oxygen atoms in total. The van der Waals surface area contributed by atoms with Crippen LogP contribution in [0.15, 0.2) is 60.9 Å². The van der Waals surface area contributed by atoms with Crippen LogP contribution >= 0.6 is 7.82 Å². The molecule has 0 N–H and O–H groups in total. The first-order valence-electron chi connectivity index (χ1n) is 6.93. The van der Waals surface area contributed by atoms with E-state index in [-0.39, 0.29) is 0 Å². The molecule has 0 aliphatic heterocycles. The summed E-state index contributed by atoms with van der Waals surface area (Å²) >= 11 is 0. The number of hydrogen-bond acceptors (Lipinski definition) is 4. The summed E-state index contributed by atoms with van der Waals surface area (Å²) in [5.74, 6) is 0.844. The molecule has 0 spiro atoms. The lowest BCUT2D eigenvalue weighted by Crippen LogP contribution is -2.02. The first-order valence-corrected chi connectivity index (χ1v) is 8.39. The quantitative estimate of drug-likeness (QED) is 0.527. The van der Waals surface area contributed by atoms with Crippen molar-refractivity contribution in [3.8, 4) is 11.5 Å². The van der Waals surface area contributed by atoms with Gasteiger partial charge in [0.25, 0.3) is 0 Å². The van der Waals surface area contributed by atoms with Crippen molar-refractivity contribution in [1.82, 2.24) is 0 Å². The van der Waals surface area contributed by atoms with E-state index in [1.165, 1.54) is 6.26 Å². The fourth-order valence-corrected chi connectivity index (χ4v) is 2.81. The highest BCUT2D eigenvalue weighted by Gasteiger charge is 2.31. The van der Waals surface area contributed by atoms with Crippen molar-refractivity contribution in [3.63, 3.8) is 0 Å². The van der Waals surface area contributed by atoms with Crippen LogP contribution in [0.25, 0.3) is 0 Å². The molecule has 2 rings (SSSR count). The summed E-state index contributed by atoms with van der Waals surface area (Å²) in [7, 11) is -3.80. The van der Waals surface area contributed by atoms with Crippen molar-refractivity contribution < 1.29 is 18.1 Å². The van der Waals surface area contributed by atoms with Crippen molar-refractivity contribution in [2.24, 2.45) is 0 Å². The number of phosphoric ester groups is 1. The zero-order valence-electron chi connectivity index (χ0n) is 12.9. The molecule has 0 amide bonds. The monoisotopic (exact) mass is 318 g/mol. The van der Waals surface area contributed by atoms with Crippen LogP contribution < -0.4 is 9.05 Å². The average Bonchev–Trinajstić information content (AvgIpc) is 2.50. The molecule has 0 aliphatic carbocycles. The van der Waals surface area contributed by atoms with Crippen LogP contribution in [0.2, 0.25) is 0 Å². The molecule has 0 aliphatic rings. The largest absolute Gasteiger partial charge is 0.646 e. The SMILES string of the molecule is C/C=C/OP(=O)(Oc1ccc(C)cc1)Oc1ccc(C)cc1. The summed E-state index contributed by atoms with van der Waals surface area (Å²) in [5, 5.41) is 0. The van der Waals surface area contributed by atoms with Crippen molar-refractivity contribution in [1.29, 1.82) is 0 Å². The molecule has 0 saturated carbocycles. The molecule has 0 unspecified atom stereocenters. The van der Waals surface area contributed by atoms with Gasteiger partial charge >= 0.3 is 7.82 Å². The second-order valence-corrected chi connectivity index (χ2v) is 6.30. The number of aryl methyl sites for hydroxylation is 2. The van der Waals surface area contributed by atoms with Crippen molar-refractivity contribution >= 4 is 7.82 Å². The molecular weight excluding hydrogens is 299 g/mol. The molecule has 0 aromatic heterocycles. The summed E-state index contributed by atoms with van der Waals surface area (Å²) in [4.78, 5) is 0. The Bertz CT molecular complexity index is 623. The predicted molar refractivity (Wildman–Crippen MR) is 87.1 cm³/mol. The van der Waals surface area contributed by atoms with Gasteiger partial charge in [0.15, 0.2) is 0 Å². The Morgan fingerprint density at radius 3 is 1.59 bits per heavy atom. The lowest BCUT2D eigenvalue weighted by atomic mass is 10.2. The highest BCUT2D eigenvalue weighted by Crippen LogP contribution is 2.49. The third kappa shape index (κ3) is 4.68. The van der Waals surface area contributed by atoms with E-state index in [0.717, 1.165) is 11.1 Å². The smallest absolute Gasteiger partial charge is 0.394 e. The molecule has 2 aromatic carbocycles. The molecule has 0 fully saturated rings. The van der Waals surface area contributed by atoms with Crippen molar-refractivity contribution in [2.45, 2.75) is 20.8 Å². The van der Waals surface area contributed by atoms with E-state index in [4.69, 9.17) is 13.6 Å². The van der Waals surface area contributed by atoms with Crippen LogP contribution in [0, 0.1) is 13.8 Å². The summed E-state index contributed by atoms with van der Waals surface area (Å²) < 4.78 is 28.8. The van der Waals surface area contributed by atoms with E-state index in [2.05, 4.69) is 0 Å². The van der Waals surface area contributed by atoms with Gasteiger partial charge in [0.1, 0.15) is 11.5 Å². The summed E-state index contributed by atoms with van der Waals surface area (Å²) in [5.41, 5.74) is 2.16. The maximum atomic E-state index is 12.8. The third-order valence-corrected chi connectivity index (χ3v) is 4.05. The van der Waals surface area contributed by atoms with Crippen molar-refractivity contribution in [3.05, 3.63) is 72.0 Å². The topological polar surface area (TPSA) is 44.8 Å². The molecule has 116 valence electrons. The fraction of sp³-hybridized carbons (Fsp3) is 0.176. The van der Waals surface area contributed by atoms with E-state index in [9.17, 15) is 4.57 Å². The summed E-state index contributed by atoms with van der Waals surface area (Å²) in [6, 6.07) is 14.3. The van der Waals surface area contributed by atoms with Gasteiger partial charge in [0, 0.05) is 0 Å². The molecule has 0 atom stereocenters. The van der Waals surface area contributed by atoms with Crippen LogP contribution in [0.3, 0.4) is 0 Å². The molecule has 5 heteroatoms. The maximum Gasteiger partial charge on any atom is 0.646 e. The van der Waals surface area contributed by atoms with Crippen LogP contribution in [-0.4, -0.2) is 0 Å². The van der Waals surface area contributed by atoms with E-state index >= 15 is 0 Å². The Labute approximate surface area is 131 Å². The van der Waals surface area contributed by atoms with Gasteiger partial charge in [-0.25, -0.2) is 0 Å². The van der Waals surface area contributed by atoms with Crippen molar-refractivity contribution in [2.75, 3.05) is 0 Å². The molecule has 0 bridgehead atoms. The number of phosphoric acid groups is 1. The zero-order valence-corrected chi connectivity index (χ0v) is 13.7. The Morgan fingerprint density at radius 2 is 1.23 bits per heavy atom. The number of allylic oxidation sites excluding steroid dienone is 1. The fourth-order valence-electron chi connectivity index (χ4n) is 1.65. The van der Waals surface area contributed by atoms with Gasteiger partial charge in [0.2, 0.25) is 0 Å². The van der Waals surface area contributed by atoms with Gasteiger partial charge in [-0.2, -0.15) is 4.57 Å². The van der Waals surface area contributed by atoms with Crippen LogP contribution in [-0.2, 0) is 9.09 Å². The Hall–Kier alpha value is -2.19. The lowest BCUT2D eigenvalue weighted by molar-refractivity contribution is 0.273. The van der Waals surface area contributed by atoms with E-state index in [1.807, 2.05) is 38.1 Å². The highest BCUT2D eigenvalue weighted by molar-refractivity contribution is 7.49. The predicted octanol–water partition coefficient (Wildman–Crippen LogP) is 5.42. The van der Waals surface area contributed by atoms with Gasteiger partial charge in [-0.3, -0.25) is 0 Å². The Kier molecular flexibility index (Phi) is 5.29. The molecule has 0 heterocycles. The molecule has 0 radical (unpaired) electrons. The number of rotatable bonds is 6. The van der Waals surface area contributed by atoms with Gasteiger partial charge in [0.05, 0.1) is 6.26 Å². The molecular formula is C17H19O4P. The van der Waals surface area contributed by atoms with Crippen LogP contribution in [0.5, 0.6) is 11.5 Å². The average molecular weight is 318 g/mol. The van der Waals surface area contributed by atoms with Gasteiger partial charge in [-0.05, 0) is 45.0 Å². The van der Waals surface area contributed by atoms with Crippen LogP contribution in [0.1, 0.15) is 18.1 Å². The molecule has 2 aromatic rings. The van der Waals surface area contributed by atoms with E-state index < -0.39 is 7.82 Å². The Morgan fingerprint density at radius 1 is 0.818 bits per heavy atom. The van der Waals surface area contributed by atoms with E-state index in [1.54, 1.807) is 37.3 Å². The molecule has 0 saturated heterocycles. The number of hydrogen-bond donors (Lipinski definition) is 0. The maximum absolute atomic E-state index is 12.8. The minimum absolute atomic E-state index is 0.422. The first kappa shape index (κ1) is 16.2. The van der Waals surface area contributed by atoms with Gasteiger partial charge in [-0.1, -0.05) is 41.5 Å². The standard InChI is InChI=1S/C17H19O4P/c1-4-13-19-22(18,20-16-9-5-14(2)6-10-16)21-17-11-7-15(3)8-12-17/h4-13H,1-3H3/b13-4+. The summed E-state index contributed by atoms with van der Waals surface area (Å²) in [6.07, 6.45) is 2.91. The van der Waals surface area contributed by atoms with Crippen LogP contribution in [0.4, 0.5) is 0 Å². The first-order chi connectivity index (χ1) is 10.5. The van der Waals surface area contributed by atoms with Gasteiger partial charge in [-0.15, -0.1) is 0 Å². The normalized spacial score (nSPS) is 11.4. The summed E-state index contributed by atoms with van der Waals surface area (Å²) in [6.45, 7) is 5.67. The lowest BCUT2D eigenvalue weighted by Gasteiger charge is -2.17. The minimum Gasteiger partial charge on any atom is -0.394 e. The second kappa shape index (κ2) is 7.19. The van der Waals surface area contributed by atoms with E-state index in [0.29, 0.717) is 11.5 Å². The third-order valence-electron chi connectivity index (χ3n) is 2.80. The van der Waals surface area contributed by atoms with Gasteiger partial charge < -0.3 is 13.6 Å².